The van der Waals surface area contributed by atoms with Crippen LogP contribution < -0.4 is 10.1 Å². The normalized spacial score (nSPS) is 10.6. The van der Waals surface area contributed by atoms with Crippen molar-refractivity contribution in [1.82, 2.24) is 15.5 Å². The first-order valence-electron chi connectivity index (χ1n) is 8.26. The van der Waals surface area contributed by atoms with Gasteiger partial charge in [0, 0.05) is 22.2 Å². The minimum atomic E-state index is -0.484. The molecule has 0 radical (unpaired) electrons. The third-order valence-electron chi connectivity index (χ3n) is 3.81. The average molecular weight is 437 g/mol. The highest BCUT2D eigenvalue weighted by Crippen LogP contribution is 2.28. The number of benzene rings is 2. The van der Waals surface area contributed by atoms with Crippen molar-refractivity contribution in [2.24, 2.45) is 0 Å². The van der Waals surface area contributed by atoms with Crippen molar-refractivity contribution in [3.05, 3.63) is 68.0 Å². The molecule has 3 rings (SSSR count). The van der Waals surface area contributed by atoms with Crippen molar-refractivity contribution in [2.45, 2.75) is 13.5 Å². The molecule has 0 saturated heterocycles. The van der Waals surface area contributed by atoms with Gasteiger partial charge in [-0.05, 0) is 37.3 Å². The zero-order valence-corrected chi connectivity index (χ0v) is 16.5. The van der Waals surface area contributed by atoms with Gasteiger partial charge in [0.2, 0.25) is 11.7 Å². The lowest BCUT2D eigenvalue weighted by Crippen LogP contribution is -2.28. The Bertz CT molecular complexity index is 1070. The van der Waals surface area contributed by atoms with E-state index in [-0.39, 0.29) is 30.6 Å². The van der Waals surface area contributed by atoms with E-state index in [4.69, 9.17) is 32.5 Å². The third kappa shape index (κ3) is 5.21. The Balaban J connectivity index is 1.53. The molecule has 1 heterocycles. The number of aromatic nitrogens is 2. The second-order valence-corrected chi connectivity index (χ2v) is 6.75. The zero-order valence-electron chi connectivity index (χ0n) is 15.0. The van der Waals surface area contributed by atoms with Crippen molar-refractivity contribution in [3.8, 4) is 17.1 Å². The highest BCUT2D eigenvalue weighted by atomic mass is 35.5. The van der Waals surface area contributed by atoms with Crippen LogP contribution in [0.4, 0.5) is 5.69 Å². The summed E-state index contributed by atoms with van der Waals surface area (Å²) in [6.07, 6.45) is 0. The van der Waals surface area contributed by atoms with Crippen molar-refractivity contribution >= 4 is 34.8 Å². The Morgan fingerprint density at radius 2 is 2.07 bits per heavy atom. The molecule has 1 N–H and O–H groups in total. The number of halogens is 2. The number of nitrogens with zero attached hydrogens (tertiary/aromatic N) is 3. The van der Waals surface area contributed by atoms with Crippen molar-refractivity contribution in [1.29, 1.82) is 0 Å². The molecule has 11 heteroatoms. The van der Waals surface area contributed by atoms with E-state index in [9.17, 15) is 14.9 Å². The fraction of sp³-hybridized carbons (Fsp3) is 0.167. The fourth-order valence-corrected chi connectivity index (χ4v) is 2.90. The number of ether oxygens (including phenoxy) is 1. The molecule has 0 atom stereocenters. The summed E-state index contributed by atoms with van der Waals surface area (Å²) in [5.41, 5.74) is 0.969. The summed E-state index contributed by atoms with van der Waals surface area (Å²) in [6.45, 7) is 1.31. The van der Waals surface area contributed by atoms with Crippen LogP contribution in [-0.2, 0) is 11.3 Å². The van der Waals surface area contributed by atoms with E-state index < -0.39 is 10.8 Å². The molecule has 9 nitrogen and oxygen atoms in total. The second-order valence-electron chi connectivity index (χ2n) is 5.91. The number of nitro benzene ring substituents is 1. The summed E-state index contributed by atoms with van der Waals surface area (Å²) < 4.78 is 10.4. The van der Waals surface area contributed by atoms with Crippen molar-refractivity contribution in [3.63, 3.8) is 0 Å². The number of aryl methyl sites for hydroxylation is 1. The minimum Gasteiger partial charge on any atom is -0.484 e. The van der Waals surface area contributed by atoms with Crippen LogP contribution in [0.2, 0.25) is 10.0 Å². The Kier molecular flexibility index (Phi) is 6.30. The van der Waals surface area contributed by atoms with Crippen LogP contribution in [0.5, 0.6) is 5.75 Å². The summed E-state index contributed by atoms with van der Waals surface area (Å²) in [6, 6.07) is 9.12. The molecule has 1 amide bonds. The van der Waals surface area contributed by atoms with Gasteiger partial charge in [-0.1, -0.05) is 28.4 Å². The van der Waals surface area contributed by atoms with Crippen LogP contribution in [-0.4, -0.2) is 27.6 Å². The lowest BCUT2D eigenvalue weighted by Gasteiger charge is -2.07. The molecule has 0 unspecified atom stereocenters. The molecule has 0 fully saturated rings. The van der Waals surface area contributed by atoms with Crippen LogP contribution in [0, 0.1) is 17.0 Å². The van der Waals surface area contributed by atoms with Gasteiger partial charge in [-0.25, -0.2) is 0 Å². The highest BCUT2D eigenvalue weighted by molar-refractivity contribution is 6.36. The molecule has 3 aromatic rings. The van der Waals surface area contributed by atoms with Crippen molar-refractivity contribution in [2.75, 3.05) is 6.61 Å². The van der Waals surface area contributed by atoms with Crippen molar-refractivity contribution < 1.29 is 19.0 Å². The van der Waals surface area contributed by atoms with E-state index in [0.717, 1.165) is 0 Å². The summed E-state index contributed by atoms with van der Waals surface area (Å²) in [5, 5.41) is 18.1. The van der Waals surface area contributed by atoms with Crippen LogP contribution in [0.3, 0.4) is 0 Å². The maximum Gasteiger partial charge on any atom is 0.272 e. The molecule has 0 spiro atoms. The van der Waals surface area contributed by atoms with Crippen LogP contribution in [0.15, 0.2) is 40.9 Å². The van der Waals surface area contributed by atoms with Crippen LogP contribution in [0.25, 0.3) is 11.4 Å². The number of hydrogen-bond acceptors (Lipinski definition) is 7. The third-order valence-corrected chi connectivity index (χ3v) is 4.36. The largest absolute Gasteiger partial charge is 0.484 e. The number of nitrogens with one attached hydrogen (secondary N) is 1. The first-order chi connectivity index (χ1) is 13.8. The maximum absolute atomic E-state index is 11.9. The Morgan fingerprint density at radius 3 is 2.76 bits per heavy atom. The SMILES string of the molecule is Cc1cc(OCC(=O)NCc2nc(-c3ccc(Cl)cc3Cl)no2)ccc1[N+](=O)[O-]. The summed E-state index contributed by atoms with van der Waals surface area (Å²) in [5.74, 6) is 0.380. The molecule has 0 bridgehead atoms. The first-order valence-corrected chi connectivity index (χ1v) is 9.01. The van der Waals surface area contributed by atoms with Gasteiger partial charge in [0.1, 0.15) is 5.75 Å². The number of carbonyl (C=O) groups is 1. The lowest BCUT2D eigenvalue weighted by atomic mass is 10.2. The zero-order chi connectivity index (χ0) is 21.0. The average Bonchev–Trinajstić information content (AvgIpc) is 3.13. The second kappa shape index (κ2) is 8.89. The molecule has 0 saturated carbocycles. The predicted octanol–water partition coefficient (Wildman–Crippen LogP) is 3.96. The van der Waals surface area contributed by atoms with Crippen LogP contribution >= 0.6 is 23.2 Å². The molecule has 150 valence electrons. The van der Waals surface area contributed by atoms with Gasteiger partial charge in [0.05, 0.1) is 16.5 Å². The topological polar surface area (TPSA) is 120 Å². The molecular weight excluding hydrogens is 423 g/mol. The molecule has 0 aliphatic carbocycles. The van der Waals surface area contributed by atoms with E-state index in [1.165, 1.54) is 18.2 Å². The molecule has 0 aliphatic heterocycles. The van der Waals surface area contributed by atoms with Gasteiger partial charge < -0.3 is 14.6 Å². The van der Waals surface area contributed by atoms with Gasteiger partial charge in [0.25, 0.3) is 11.6 Å². The number of rotatable bonds is 7. The monoisotopic (exact) mass is 436 g/mol. The fourth-order valence-electron chi connectivity index (χ4n) is 2.40. The van der Waals surface area contributed by atoms with Gasteiger partial charge in [-0.3, -0.25) is 14.9 Å². The quantitative estimate of drug-likeness (QED) is 0.439. The Labute approximate surface area is 174 Å². The molecule has 29 heavy (non-hydrogen) atoms. The standard InChI is InChI=1S/C18H14Cl2N4O5/c1-10-6-12(3-5-15(10)24(26)27)28-9-16(25)21-8-17-22-18(23-29-17)13-4-2-11(19)7-14(13)20/h2-7H,8-9H2,1H3,(H,21,25). The molecule has 0 aliphatic rings. The van der Waals surface area contributed by atoms with E-state index in [1.807, 2.05) is 0 Å². The summed E-state index contributed by atoms with van der Waals surface area (Å²) in [4.78, 5) is 26.5. The van der Waals surface area contributed by atoms with Crippen LogP contribution in [0.1, 0.15) is 11.5 Å². The molecule has 1 aromatic heterocycles. The Morgan fingerprint density at radius 1 is 1.28 bits per heavy atom. The van der Waals surface area contributed by atoms with E-state index in [1.54, 1.807) is 25.1 Å². The molecular formula is C18H14Cl2N4O5. The lowest BCUT2D eigenvalue weighted by molar-refractivity contribution is -0.385. The number of hydrogen-bond donors (Lipinski definition) is 1. The maximum atomic E-state index is 11.9. The predicted molar refractivity (Wildman–Crippen MR) is 105 cm³/mol. The summed E-state index contributed by atoms with van der Waals surface area (Å²) in [7, 11) is 0. The Hall–Kier alpha value is -3.17. The number of nitro groups is 1. The van der Waals surface area contributed by atoms with Gasteiger partial charge >= 0.3 is 0 Å². The van der Waals surface area contributed by atoms with Gasteiger partial charge in [-0.15, -0.1) is 0 Å². The highest BCUT2D eigenvalue weighted by Gasteiger charge is 2.14. The van der Waals surface area contributed by atoms with Gasteiger partial charge in [-0.2, -0.15) is 4.98 Å². The van der Waals surface area contributed by atoms with Gasteiger partial charge in [0.15, 0.2) is 6.61 Å². The van der Waals surface area contributed by atoms with E-state index in [0.29, 0.717) is 26.9 Å². The van der Waals surface area contributed by atoms with E-state index in [2.05, 4.69) is 15.5 Å². The number of amides is 1. The number of carbonyl (C=O) groups excluding carboxylic acids is 1. The minimum absolute atomic E-state index is 0.000306. The first kappa shape index (κ1) is 20.6. The van der Waals surface area contributed by atoms with E-state index >= 15 is 0 Å². The smallest absolute Gasteiger partial charge is 0.272 e. The molecule has 2 aromatic carbocycles. The summed E-state index contributed by atoms with van der Waals surface area (Å²) >= 11 is 12.0.